The second-order valence-electron chi connectivity index (χ2n) is 7.88. The lowest BCUT2D eigenvalue weighted by atomic mass is 10.1. The van der Waals surface area contributed by atoms with Gasteiger partial charge in [0, 0.05) is 18.2 Å². The first kappa shape index (κ1) is 26.7. The smallest absolute Gasteiger partial charge is 0.251 e. The molecule has 0 fully saturated rings. The van der Waals surface area contributed by atoms with Crippen LogP contribution in [0.5, 0.6) is 23.0 Å². The summed E-state index contributed by atoms with van der Waals surface area (Å²) in [5.41, 5.74) is 2.36. The number of carbonyl (C=O) groups is 1. The van der Waals surface area contributed by atoms with Gasteiger partial charge in [0.25, 0.3) is 5.91 Å². The molecule has 1 N–H and O–H groups in total. The second kappa shape index (κ2) is 11.7. The summed E-state index contributed by atoms with van der Waals surface area (Å²) in [5.74, 6) is 1.83. The van der Waals surface area contributed by atoms with Gasteiger partial charge in [-0.3, -0.25) is 9.10 Å². The molecule has 1 amide bonds. The molecule has 0 aromatic heterocycles. The molecule has 0 aliphatic heterocycles. The zero-order valence-corrected chi connectivity index (χ0v) is 21.7. The van der Waals surface area contributed by atoms with Crippen LogP contribution in [0, 0.1) is 0 Å². The highest BCUT2D eigenvalue weighted by atomic mass is 32.2. The van der Waals surface area contributed by atoms with E-state index in [4.69, 9.17) is 18.9 Å². The van der Waals surface area contributed by atoms with E-state index >= 15 is 0 Å². The van der Waals surface area contributed by atoms with Crippen molar-refractivity contribution in [2.45, 2.75) is 13.1 Å². The summed E-state index contributed by atoms with van der Waals surface area (Å²) < 4.78 is 47.7. The third-order valence-electron chi connectivity index (χ3n) is 5.50. The van der Waals surface area contributed by atoms with Gasteiger partial charge in [-0.15, -0.1) is 0 Å². The van der Waals surface area contributed by atoms with Crippen molar-refractivity contribution in [3.05, 3.63) is 77.4 Å². The number of anilines is 1. The Labute approximate surface area is 211 Å². The number of amides is 1. The average molecular weight is 515 g/mol. The number of nitrogens with one attached hydrogen (secondary N) is 1. The van der Waals surface area contributed by atoms with E-state index in [1.807, 2.05) is 6.07 Å². The van der Waals surface area contributed by atoms with Gasteiger partial charge < -0.3 is 24.3 Å². The Morgan fingerprint density at radius 1 is 0.778 bits per heavy atom. The highest BCUT2D eigenvalue weighted by Crippen LogP contribution is 2.35. The SMILES string of the molecule is COc1ccc(OC)c(N(Cc2ccc(C(=O)NCc3ccc(OC)c(OC)c3)cc2)S(C)(=O)=O)c1. The van der Waals surface area contributed by atoms with Gasteiger partial charge >= 0.3 is 0 Å². The fourth-order valence-electron chi connectivity index (χ4n) is 3.58. The summed E-state index contributed by atoms with van der Waals surface area (Å²) in [7, 11) is 2.44. The third-order valence-corrected chi connectivity index (χ3v) is 6.62. The van der Waals surface area contributed by atoms with Crippen LogP contribution in [-0.4, -0.2) is 49.0 Å². The maximum absolute atomic E-state index is 12.7. The van der Waals surface area contributed by atoms with Crippen molar-refractivity contribution in [3.8, 4) is 23.0 Å². The molecule has 9 nitrogen and oxygen atoms in total. The van der Waals surface area contributed by atoms with Crippen molar-refractivity contribution < 1.29 is 32.2 Å². The number of carbonyl (C=O) groups excluding carboxylic acids is 1. The Kier molecular flexibility index (Phi) is 8.65. The monoisotopic (exact) mass is 514 g/mol. The van der Waals surface area contributed by atoms with E-state index < -0.39 is 10.0 Å². The molecule has 0 aliphatic rings. The lowest BCUT2D eigenvalue weighted by Gasteiger charge is -2.25. The standard InChI is InChI=1S/C26H30N2O7S/c1-32-21-11-13-23(33-2)22(15-21)28(36(5,30)31)17-18-6-9-20(10-7-18)26(29)27-16-19-8-12-24(34-3)25(14-19)35-4/h6-15H,16-17H2,1-5H3,(H,27,29). The van der Waals surface area contributed by atoms with E-state index in [0.29, 0.717) is 46.4 Å². The number of benzene rings is 3. The summed E-state index contributed by atoms with van der Waals surface area (Å²) in [6.07, 6.45) is 1.13. The van der Waals surface area contributed by atoms with Crippen LogP contribution in [0.3, 0.4) is 0 Å². The van der Waals surface area contributed by atoms with Crippen LogP contribution in [0.1, 0.15) is 21.5 Å². The van der Waals surface area contributed by atoms with Crippen LogP contribution in [0.2, 0.25) is 0 Å². The molecule has 36 heavy (non-hydrogen) atoms. The van der Waals surface area contributed by atoms with E-state index in [0.717, 1.165) is 11.8 Å². The second-order valence-corrected chi connectivity index (χ2v) is 9.78. The van der Waals surface area contributed by atoms with Crippen molar-refractivity contribution >= 4 is 21.6 Å². The molecule has 0 aliphatic carbocycles. The lowest BCUT2D eigenvalue weighted by Crippen LogP contribution is -2.29. The summed E-state index contributed by atoms with van der Waals surface area (Å²) in [6.45, 7) is 0.355. The van der Waals surface area contributed by atoms with E-state index in [1.54, 1.807) is 68.8 Å². The molecular weight excluding hydrogens is 484 g/mol. The van der Waals surface area contributed by atoms with Crippen LogP contribution in [0.4, 0.5) is 5.69 Å². The fourth-order valence-corrected chi connectivity index (χ4v) is 4.46. The molecule has 0 bridgehead atoms. The first-order chi connectivity index (χ1) is 17.2. The van der Waals surface area contributed by atoms with Gasteiger partial charge in [0.1, 0.15) is 11.5 Å². The topological polar surface area (TPSA) is 103 Å². The molecule has 0 atom stereocenters. The quantitative estimate of drug-likeness (QED) is 0.417. The fraction of sp³-hybridized carbons (Fsp3) is 0.269. The molecule has 0 unspecified atom stereocenters. The van der Waals surface area contributed by atoms with Crippen LogP contribution < -0.4 is 28.6 Å². The van der Waals surface area contributed by atoms with Crippen molar-refractivity contribution in [2.24, 2.45) is 0 Å². The summed E-state index contributed by atoms with van der Waals surface area (Å²) in [5, 5.41) is 2.87. The number of hydrogen-bond acceptors (Lipinski definition) is 7. The summed E-state index contributed by atoms with van der Waals surface area (Å²) >= 11 is 0. The van der Waals surface area contributed by atoms with Gasteiger partial charge in [-0.2, -0.15) is 0 Å². The molecule has 192 valence electrons. The Bertz CT molecular complexity index is 1310. The Hall–Kier alpha value is -3.92. The Balaban J connectivity index is 1.74. The molecule has 0 saturated carbocycles. The van der Waals surface area contributed by atoms with Gasteiger partial charge in [-0.25, -0.2) is 8.42 Å². The molecule has 0 spiro atoms. The largest absolute Gasteiger partial charge is 0.497 e. The number of rotatable bonds is 11. The Morgan fingerprint density at radius 2 is 1.39 bits per heavy atom. The molecule has 3 rings (SSSR count). The van der Waals surface area contributed by atoms with E-state index in [1.165, 1.54) is 18.5 Å². The molecule has 3 aromatic rings. The maximum atomic E-state index is 12.7. The van der Waals surface area contributed by atoms with Gasteiger partial charge in [0.2, 0.25) is 10.0 Å². The van der Waals surface area contributed by atoms with Crippen LogP contribution in [-0.2, 0) is 23.1 Å². The lowest BCUT2D eigenvalue weighted by molar-refractivity contribution is 0.0951. The van der Waals surface area contributed by atoms with Crippen molar-refractivity contribution in [2.75, 3.05) is 39.0 Å². The maximum Gasteiger partial charge on any atom is 0.251 e. The van der Waals surface area contributed by atoms with Crippen LogP contribution in [0.15, 0.2) is 60.7 Å². The molecule has 3 aromatic carbocycles. The van der Waals surface area contributed by atoms with E-state index in [2.05, 4.69) is 5.32 Å². The predicted molar refractivity (Wildman–Crippen MR) is 138 cm³/mol. The first-order valence-electron chi connectivity index (χ1n) is 11.0. The van der Waals surface area contributed by atoms with E-state index in [9.17, 15) is 13.2 Å². The zero-order valence-electron chi connectivity index (χ0n) is 20.9. The first-order valence-corrected chi connectivity index (χ1v) is 12.8. The van der Waals surface area contributed by atoms with Crippen LogP contribution >= 0.6 is 0 Å². The molecule has 0 heterocycles. The highest BCUT2D eigenvalue weighted by Gasteiger charge is 2.22. The van der Waals surface area contributed by atoms with Crippen molar-refractivity contribution in [1.29, 1.82) is 0 Å². The third kappa shape index (κ3) is 6.39. The minimum atomic E-state index is -3.65. The molecule has 10 heteroatoms. The number of ether oxygens (including phenoxy) is 4. The minimum absolute atomic E-state index is 0.0515. The van der Waals surface area contributed by atoms with Gasteiger partial charge in [0.05, 0.1) is 46.9 Å². The number of hydrogen-bond donors (Lipinski definition) is 1. The number of sulfonamides is 1. The minimum Gasteiger partial charge on any atom is -0.497 e. The predicted octanol–water partition coefficient (Wildman–Crippen LogP) is 3.62. The summed E-state index contributed by atoms with van der Waals surface area (Å²) in [6, 6.07) is 17.1. The summed E-state index contributed by atoms with van der Waals surface area (Å²) in [4.78, 5) is 12.7. The molecule has 0 saturated heterocycles. The van der Waals surface area contributed by atoms with Gasteiger partial charge in [-0.1, -0.05) is 18.2 Å². The van der Waals surface area contributed by atoms with Gasteiger partial charge in [-0.05, 0) is 47.5 Å². The number of nitrogens with zero attached hydrogens (tertiary/aromatic N) is 1. The normalized spacial score (nSPS) is 10.9. The number of methoxy groups -OCH3 is 4. The molecule has 0 radical (unpaired) electrons. The van der Waals surface area contributed by atoms with Crippen molar-refractivity contribution in [1.82, 2.24) is 5.32 Å². The average Bonchev–Trinajstić information content (AvgIpc) is 2.89. The van der Waals surface area contributed by atoms with Crippen molar-refractivity contribution in [3.63, 3.8) is 0 Å². The highest BCUT2D eigenvalue weighted by molar-refractivity contribution is 7.92. The van der Waals surface area contributed by atoms with E-state index in [-0.39, 0.29) is 12.5 Å². The molecular formula is C26H30N2O7S. The zero-order chi connectivity index (χ0) is 26.3. The Morgan fingerprint density at radius 3 is 1.97 bits per heavy atom. The van der Waals surface area contributed by atoms with Gasteiger partial charge in [0.15, 0.2) is 11.5 Å². The van der Waals surface area contributed by atoms with Crippen LogP contribution in [0.25, 0.3) is 0 Å².